The van der Waals surface area contributed by atoms with E-state index in [-0.39, 0.29) is 0 Å². The lowest BCUT2D eigenvalue weighted by molar-refractivity contribution is 0.606. The van der Waals surface area contributed by atoms with Crippen molar-refractivity contribution in [3.8, 4) is 0 Å². The maximum atomic E-state index is 5.66. The molecule has 1 heterocycles. The van der Waals surface area contributed by atoms with E-state index in [9.17, 15) is 0 Å². The van der Waals surface area contributed by atoms with Gasteiger partial charge in [-0.1, -0.05) is 6.92 Å². The number of nitrogens with two attached hydrogens (primary N) is 2. The van der Waals surface area contributed by atoms with Crippen LogP contribution < -0.4 is 11.5 Å². The normalized spacial score (nSPS) is 10.4. The highest BCUT2D eigenvalue weighted by atomic mass is 15.3. The first kappa shape index (κ1) is 7.91. The Labute approximate surface area is 66.2 Å². The third-order valence-electron chi connectivity index (χ3n) is 1.65. The van der Waals surface area contributed by atoms with Gasteiger partial charge in [-0.15, -0.1) is 0 Å². The minimum absolute atomic E-state index is 0.587. The summed E-state index contributed by atoms with van der Waals surface area (Å²) in [6.07, 6.45) is 1.02. The van der Waals surface area contributed by atoms with Crippen LogP contribution in [0.15, 0.2) is 0 Å². The molecule has 62 valence electrons. The molecule has 1 rings (SSSR count). The second-order valence-electron chi connectivity index (χ2n) is 2.61. The number of anilines is 2. The molecule has 0 aliphatic heterocycles. The van der Waals surface area contributed by atoms with Crippen molar-refractivity contribution < 1.29 is 0 Å². The summed E-state index contributed by atoms with van der Waals surface area (Å²) in [5.41, 5.74) is 12.7. The summed E-state index contributed by atoms with van der Waals surface area (Å²) >= 11 is 0. The van der Waals surface area contributed by atoms with Gasteiger partial charge in [0.25, 0.3) is 0 Å². The molecule has 0 aromatic carbocycles. The van der Waals surface area contributed by atoms with Crippen LogP contribution in [0.1, 0.15) is 19.0 Å². The number of aromatic nitrogens is 2. The smallest absolute Gasteiger partial charge is 0.145 e. The summed E-state index contributed by atoms with van der Waals surface area (Å²) in [5.74, 6) is 0.587. The zero-order valence-electron chi connectivity index (χ0n) is 6.96. The van der Waals surface area contributed by atoms with Crippen LogP contribution in [0.5, 0.6) is 0 Å². The minimum atomic E-state index is 0.587. The molecular formula is C7H14N4. The van der Waals surface area contributed by atoms with Crippen LogP contribution >= 0.6 is 0 Å². The Kier molecular flexibility index (Phi) is 2.03. The molecule has 0 aliphatic rings. The van der Waals surface area contributed by atoms with Crippen molar-refractivity contribution in [1.82, 2.24) is 9.78 Å². The summed E-state index contributed by atoms with van der Waals surface area (Å²) in [6.45, 7) is 4.77. The number of aryl methyl sites for hydroxylation is 2. The van der Waals surface area contributed by atoms with Crippen LogP contribution in [0.25, 0.3) is 0 Å². The second-order valence-corrected chi connectivity index (χ2v) is 2.61. The van der Waals surface area contributed by atoms with Gasteiger partial charge in [-0.05, 0) is 13.3 Å². The number of hydrogen-bond acceptors (Lipinski definition) is 3. The fraction of sp³-hybridized carbons (Fsp3) is 0.571. The molecule has 4 heteroatoms. The Morgan fingerprint density at radius 3 is 2.45 bits per heavy atom. The maximum absolute atomic E-state index is 5.66. The fourth-order valence-corrected chi connectivity index (χ4v) is 0.995. The molecule has 0 saturated carbocycles. The first-order chi connectivity index (χ1) is 5.16. The fourth-order valence-electron chi connectivity index (χ4n) is 0.995. The van der Waals surface area contributed by atoms with E-state index in [1.165, 1.54) is 0 Å². The van der Waals surface area contributed by atoms with E-state index < -0.39 is 0 Å². The van der Waals surface area contributed by atoms with E-state index in [1.807, 2.05) is 6.92 Å². The lowest BCUT2D eigenvalue weighted by Gasteiger charge is -1.99. The van der Waals surface area contributed by atoms with Gasteiger partial charge < -0.3 is 11.5 Å². The lowest BCUT2D eigenvalue weighted by atomic mass is 10.4. The molecule has 1 aromatic rings. The molecule has 11 heavy (non-hydrogen) atoms. The molecule has 0 atom stereocenters. The van der Waals surface area contributed by atoms with Crippen molar-refractivity contribution in [2.45, 2.75) is 26.8 Å². The summed E-state index contributed by atoms with van der Waals surface area (Å²) in [4.78, 5) is 0. The number of rotatable bonds is 2. The molecule has 0 bridgehead atoms. The molecule has 0 aliphatic carbocycles. The van der Waals surface area contributed by atoms with Gasteiger partial charge >= 0.3 is 0 Å². The van der Waals surface area contributed by atoms with Crippen molar-refractivity contribution in [3.05, 3.63) is 5.69 Å². The average Bonchev–Trinajstić information content (AvgIpc) is 2.19. The topological polar surface area (TPSA) is 69.9 Å². The van der Waals surface area contributed by atoms with Gasteiger partial charge in [0.15, 0.2) is 0 Å². The molecule has 0 fully saturated rings. The van der Waals surface area contributed by atoms with E-state index in [1.54, 1.807) is 4.68 Å². The average molecular weight is 154 g/mol. The standard InChI is InChI=1S/C7H14N4/c1-3-4-11-7(9)6(8)5(2)10-11/h3-4,8-9H2,1-2H3. The zero-order chi connectivity index (χ0) is 8.43. The molecule has 1 aromatic heterocycles. The van der Waals surface area contributed by atoms with E-state index in [0.29, 0.717) is 11.5 Å². The molecule has 4 N–H and O–H groups in total. The Bertz CT molecular complexity index is 251. The Morgan fingerprint density at radius 2 is 2.09 bits per heavy atom. The molecule has 0 spiro atoms. The molecule has 0 unspecified atom stereocenters. The van der Waals surface area contributed by atoms with Gasteiger partial charge in [-0.3, -0.25) is 0 Å². The predicted octanol–water partition coefficient (Wildman–Crippen LogP) is 0.766. The summed E-state index contributed by atoms with van der Waals surface area (Å²) in [6, 6.07) is 0. The summed E-state index contributed by atoms with van der Waals surface area (Å²) < 4.78 is 1.74. The Morgan fingerprint density at radius 1 is 1.45 bits per heavy atom. The van der Waals surface area contributed by atoms with Crippen LogP contribution in [-0.2, 0) is 6.54 Å². The van der Waals surface area contributed by atoms with Crippen molar-refractivity contribution >= 4 is 11.5 Å². The van der Waals surface area contributed by atoms with Gasteiger partial charge in [0, 0.05) is 6.54 Å². The van der Waals surface area contributed by atoms with Gasteiger partial charge in [-0.25, -0.2) is 4.68 Å². The highest BCUT2D eigenvalue weighted by molar-refractivity contribution is 5.61. The van der Waals surface area contributed by atoms with Crippen LogP contribution in [0.2, 0.25) is 0 Å². The molecule has 0 saturated heterocycles. The maximum Gasteiger partial charge on any atom is 0.145 e. The van der Waals surface area contributed by atoms with Crippen molar-refractivity contribution in [2.24, 2.45) is 0 Å². The van der Waals surface area contributed by atoms with Crippen LogP contribution in [0.4, 0.5) is 11.5 Å². The third kappa shape index (κ3) is 1.29. The van der Waals surface area contributed by atoms with E-state index in [0.717, 1.165) is 18.7 Å². The zero-order valence-corrected chi connectivity index (χ0v) is 6.96. The van der Waals surface area contributed by atoms with Crippen LogP contribution in [0.3, 0.4) is 0 Å². The highest BCUT2D eigenvalue weighted by Crippen LogP contribution is 2.17. The lowest BCUT2D eigenvalue weighted by Crippen LogP contribution is -2.04. The van der Waals surface area contributed by atoms with Gasteiger partial charge in [0.05, 0.1) is 11.4 Å². The van der Waals surface area contributed by atoms with E-state index in [4.69, 9.17) is 11.5 Å². The Hall–Kier alpha value is -1.19. The Balaban J connectivity index is 2.98. The number of nitrogen functional groups attached to an aromatic ring is 2. The van der Waals surface area contributed by atoms with Crippen LogP contribution in [0, 0.1) is 6.92 Å². The number of hydrogen-bond donors (Lipinski definition) is 2. The third-order valence-corrected chi connectivity index (χ3v) is 1.65. The van der Waals surface area contributed by atoms with Crippen molar-refractivity contribution in [3.63, 3.8) is 0 Å². The highest BCUT2D eigenvalue weighted by Gasteiger charge is 2.06. The van der Waals surface area contributed by atoms with E-state index >= 15 is 0 Å². The number of nitrogens with zero attached hydrogens (tertiary/aromatic N) is 2. The largest absolute Gasteiger partial charge is 0.394 e. The van der Waals surface area contributed by atoms with Gasteiger partial charge in [0.2, 0.25) is 0 Å². The first-order valence-electron chi connectivity index (χ1n) is 3.75. The summed E-state index contributed by atoms with van der Waals surface area (Å²) in [7, 11) is 0. The predicted molar refractivity (Wildman–Crippen MR) is 46.1 cm³/mol. The molecule has 0 radical (unpaired) electrons. The monoisotopic (exact) mass is 154 g/mol. The first-order valence-corrected chi connectivity index (χ1v) is 3.75. The SMILES string of the molecule is CCCn1nc(C)c(N)c1N. The summed E-state index contributed by atoms with van der Waals surface area (Å²) in [5, 5.41) is 4.17. The molecule has 0 amide bonds. The minimum Gasteiger partial charge on any atom is -0.394 e. The molecule has 4 nitrogen and oxygen atoms in total. The van der Waals surface area contributed by atoms with Crippen molar-refractivity contribution in [1.29, 1.82) is 0 Å². The van der Waals surface area contributed by atoms with Crippen molar-refractivity contribution in [2.75, 3.05) is 11.5 Å². The van der Waals surface area contributed by atoms with Gasteiger partial charge in [-0.2, -0.15) is 5.10 Å². The van der Waals surface area contributed by atoms with E-state index in [2.05, 4.69) is 12.0 Å². The quantitative estimate of drug-likeness (QED) is 0.661. The second kappa shape index (κ2) is 2.82. The van der Waals surface area contributed by atoms with Crippen LogP contribution in [-0.4, -0.2) is 9.78 Å². The van der Waals surface area contributed by atoms with Gasteiger partial charge in [0.1, 0.15) is 5.82 Å². The molecular weight excluding hydrogens is 140 g/mol.